The quantitative estimate of drug-likeness (QED) is 0.938. The van der Waals surface area contributed by atoms with Gasteiger partial charge in [0.05, 0.1) is 11.5 Å². The fraction of sp³-hybridized carbons (Fsp3) is 0.400. The maximum atomic E-state index is 11.6. The van der Waals surface area contributed by atoms with E-state index in [2.05, 4.69) is 16.4 Å². The van der Waals surface area contributed by atoms with Gasteiger partial charge in [0, 0.05) is 30.4 Å². The van der Waals surface area contributed by atoms with E-state index < -0.39 is 9.84 Å². The third-order valence-electron chi connectivity index (χ3n) is 3.82. The summed E-state index contributed by atoms with van der Waals surface area (Å²) in [6.07, 6.45) is 5.34. The van der Waals surface area contributed by atoms with Gasteiger partial charge in [0.15, 0.2) is 9.84 Å². The van der Waals surface area contributed by atoms with Gasteiger partial charge in [-0.2, -0.15) is 0 Å². The minimum absolute atomic E-state index is 0.0749. The molecule has 3 rings (SSSR count). The largest absolute Gasteiger partial charge is 0.309 e. The van der Waals surface area contributed by atoms with Crippen LogP contribution in [-0.2, 0) is 16.4 Å². The first-order chi connectivity index (χ1) is 9.64. The molecule has 0 radical (unpaired) electrons. The maximum absolute atomic E-state index is 11.6. The molecule has 20 heavy (non-hydrogen) atoms. The van der Waals surface area contributed by atoms with Crippen molar-refractivity contribution in [2.24, 2.45) is 0 Å². The number of pyridine rings is 1. The maximum Gasteiger partial charge on any atom is 0.151 e. The van der Waals surface area contributed by atoms with Crippen molar-refractivity contribution >= 4 is 20.6 Å². The Morgan fingerprint density at radius 2 is 2.20 bits per heavy atom. The molecule has 1 fully saturated rings. The molecule has 2 aromatic rings. The zero-order valence-corrected chi connectivity index (χ0v) is 12.1. The molecular weight excluding hydrogens is 272 g/mol. The van der Waals surface area contributed by atoms with Crippen LogP contribution in [0.15, 0.2) is 36.7 Å². The van der Waals surface area contributed by atoms with E-state index in [0.29, 0.717) is 12.3 Å². The molecule has 0 saturated carbocycles. The molecule has 1 aromatic heterocycles. The third-order valence-corrected chi connectivity index (χ3v) is 5.64. The zero-order chi connectivity index (χ0) is 14.0. The van der Waals surface area contributed by atoms with Gasteiger partial charge >= 0.3 is 0 Å². The summed E-state index contributed by atoms with van der Waals surface area (Å²) in [5, 5.41) is 5.67. The first kappa shape index (κ1) is 13.5. The van der Waals surface area contributed by atoms with Crippen molar-refractivity contribution in [2.75, 3.05) is 11.5 Å². The predicted octanol–water partition coefficient (Wildman–Crippen LogP) is 1.90. The van der Waals surface area contributed by atoms with Crippen molar-refractivity contribution < 1.29 is 8.42 Å². The monoisotopic (exact) mass is 290 g/mol. The van der Waals surface area contributed by atoms with Gasteiger partial charge in [-0.15, -0.1) is 0 Å². The molecular formula is C15H18N2O2S. The lowest BCUT2D eigenvalue weighted by atomic mass is 10.1. The molecule has 4 nitrogen and oxygen atoms in total. The minimum atomic E-state index is -2.85. The SMILES string of the molecule is O=S1(=O)CCCC(NCc2cccc3cnccc23)C1. The van der Waals surface area contributed by atoms with Crippen molar-refractivity contribution in [3.05, 3.63) is 42.2 Å². The fourth-order valence-electron chi connectivity index (χ4n) is 2.78. The van der Waals surface area contributed by atoms with Gasteiger partial charge in [-0.05, 0) is 29.9 Å². The molecule has 1 aromatic carbocycles. The number of benzene rings is 1. The van der Waals surface area contributed by atoms with Gasteiger partial charge in [-0.3, -0.25) is 4.98 Å². The van der Waals surface area contributed by atoms with Crippen LogP contribution in [0.4, 0.5) is 0 Å². The summed E-state index contributed by atoms with van der Waals surface area (Å²) in [5.41, 5.74) is 1.19. The third kappa shape index (κ3) is 2.99. The smallest absolute Gasteiger partial charge is 0.151 e. The summed E-state index contributed by atoms with van der Waals surface area (Å²) < 4.78 is 23.3. The first-order valence-corrected chi connectivity index (χ1v) is 8.72. The van der Waals surface area contributed by atoms with Gasteiger partial charge < -0.3 is 5.32 Å². The van der Waals surface area contributed by atoms with Gasteiger partial charge in [0.25, 0.3) is 0 Å². The van der Waals surface area contributed by atoms with Crippen LogP contribution in [0, 0.1) is 0 Å². The Balaban J connectivity index is 1.74. The van der Waals surface area contributed by atoms with E-state index in [0.717, 1.165) is 18.2 Å². The van der Waals surface area contributed by atoms with Gasteiger partial charge in [0.1, 0.15) is 0 Å². The van der Waals surface area contributed by atoms with E-state index in [4.69, 9.17) is 0 Å². The number of rotatable bonds is 3. The molecule has 1 N–H and O–H groups in total. The van der Waals surface area contributed by atoms with Crippen LogP contribution < -0.4 is 5.32 Å². The van der Waals surface area contributed by atoms with E-state index in [1.807, 2.05) is 24.4 Å². The Bertz CT molecular complexity index is 707. The lowest BCUT2D eigenvalue weighted by molar-refractivity contribution is 0.481. The highest BCUT2D eigenvalue weighted by Crippen LogP contribution is 2.18. The summed E-state index contributed by atoms with van der Waals surface area (Å²) in [4.78, 5) is 4.12. The number of sulfone groups is 1. The highest BCUT2D eigenvalue weighted by Gasteiger charge is 2.24. The fourth-order valence-corrected chi connectivity index (χ4v) is 4.45. The zero-order valence-electron chi connectivity index (χ0n) is 11.2. The Morgan fingerprint density at radius 1 is 1.30 bits per heavy atom. The molecule has 5 heteroatoms. The van der Waals surface area contributed by atoms with Crippen LogP contribution in [0.2, 0.25) is 0 Å². The van der Waals surface area contributed by atoms with Crippen LogP contribution in [0.3, 0.4) is 0 Å². The van der Waals surface area contributed by atoms with Crippen LogP contribution in [0.25, 0.3) is 10.8 Å². The average molecular weight is 290 g/mol. The highest BCUT2D eigenvalue weighted by molar-refractivity contribution is 7.91. The molecule has 106 valence electrons. The highest BCUT2D eigenvalue weighted by atomic mass is 32.2. The topological polar surface area (TPSA) is 59.1 Å². The molecule has 1 atom stereocenters. The molecule has 2 heterocycles. The lowest BCUT2D eigenvalue weighted by Crippen LogP contribution is -2.39. The summed E-state index contributed by atoms with van der Waals surface area (Å²) in [5.74, 6) is 0.602. The minimum Gasteiger partial charge on any atom is -0.309 e. The van der Waals surface area contributed by atoms with Crippen LogP contribution in [0.5, 0.6) is 0 Å². The summed E-state index contributed by atoms with van der Waals surface area (Å²) >= 11 is 0. The molecule has 0 amide bonds. The van der Waals surface area contributed by atoms with Crippen molar-refractivity contribution in [3.63, 3.8) is 0 Å². The Kier molecular flexibility index (Phi) is 3.72. The van der Waals surface area contributed by atoms with Gasteiger partial charge in [-0.1, -0.05) is 18.2 Å². The molecule has 1 unspecified atom stereocenters. The van der Waals surface area contributed by atoms with E-state index >= 15 is 0 Å². The van der Waals surface area contributed by atoms with Crippen LogP contribution in [-0.4, -0.2) is 30.9 Å². The summed E-state index contributed by atoms with van der Waals surface area (Å²) in [6.45, 7) is 0.696. The second-order valence-corrected chi connectivity index (χ2v) is 7.58. The number of fused-ring (bicyclic) bond motifs is 1. The molecule has 1 aliphatic heterocycles. The van der Waals surface area contributed by atoms with Gasteiger partial charge in [-0.25, -0.2) is 8.42 Å². The van der Waals surface area contributed by atoms with Crippen LogP contribution >= 0.6 is 0 Å². The standard InChI is InChI=1S/C15H18N2O2S/c18-20(19)8-2-5-14(11-20)17-10-13-4-1-3-12-9-16-7-6-15(12)13/h1,3-4,6-7,9,14,17H,2,5,8,10-11H2. The number of hydrogen-bond acceptors (Lipinski definition) is 4. The molecule has 1 saturated heterocycles. The number of aromatic nitrogens is 1. The molecule has 0 bridgehead atoms. The van der Waals surface area contributed by atoms with Crippen molar-refractivity contribution in [1.29, 1.82) is 0 Å². The summed E-state index contributed by atoms with van der Waals surface area (Å²) in [6, 6.07) is 8.21. The molecule has 0 spiro atoms. The van der Waals surface area contributed by atoms with Gasteiger partial charge in [0.2, 0.25) is 0 Å². The van der Waals surface area contributed by atoms with Crippen molar-refractivity contribution in [3.8, 4) is 0 Å². The molecule has 0 aliphatic carbocycles. The predicted molar refractivity (Wildman–Crippen MR) is 80.3 cm³/mol. The number of hydrogen-bond donors (Lipinski definition) is 1. The number of nitrogens with one attached hydrogen (secondary N) is 1. The number of nitrogens with zero attached hydrogens (tertiary/aromatic N) is 1. The van der Waals surface area contributed by atoms with E-state index in [9.17, 15) is 8.42 Å². The van der Waals surface area contributed by atoms with Crippen molar-refractivity contribution in [2.45, 2.75) is 25.4 Å². The first-order valence-electron chi connectivity index (χ1n) is 6.89. The second kappa shape index (κ2) is 5.50. The Labute approximate surface area is 119 Å². The Hall–Kier alpha value is -1.46. The second-order valence-electron chi connectivity index (χ2n) is 5.35. The van der Waals surface area contributed by atoms with E-state index in [1.165, 1.54) is 10.9 Å². The lowest BCUT2D eigenvalue weighted by Gasteiger charge is -2.23. The molecule has 1 aliphatic rings. The normalized spacial score (nSPS) is 21.9. The van der Waals surface area contributed by atoms with E-state index in [1.54, 1.807) is 6.20 Å². The van der Waals surface area contributed by atoms with Crippen molar-refractivity contribution in [1.82, 2.24) is 10.3 Å². The van der Waals surface area contributed by atoms with Crippen LogP contribution in [0.1, 0.15) is 18.4 Å². The average Bonchev–Trinajstić information content (AvgIpc) is 2.44. The summed E-state index contributed by atoms with van der Waals surface area (Å²) in [7, 11) is -2.85. The van der Waals surface area contributed by atoms with E-state index in [-0.39, 0.29) is 11.8 Å². The Morgan fingerprint density at radius 3 is 3.05 bits per heavy atom.